The maximum atomic E-state index is 12.5. The zero-order chi connectivity index (χ0) is 14.4. The summed E-state index contributed by atoms with van der Waals surface area (Å²) in [6, 6.07) is 1.54. The predicted molar refractivity (Wildman–Crippen MR) is 75.1 cm³/mol. The van der Waals surface area contributed by atoms with Crippen LogP contribution in [0.25, 0.3) is 0 Å². The van der Waals surface area contributed by atoms with Crippen LogP contribution in [0.5, 0.6) is 0 Å². The van der Waals surface area contributed by atoms with Crippen LogP contribution in [-0.2, 0) is 0 Å². The fraction of sp³-hybridized carbons (Fsp3) is 0.500. The number of carbonyl (C=O) groups excluding carboxylic acids is 1. The molecule has 3 heterocycles. The number of aromatic nitrogens is 3. The molecule has 1 amide bonds. The van der Waals surface area contributed by atoms with Gasteiger partial charge in [0, 0.05) is 18.7 Å². The topological polar surface area (TPSA) is 75.0 Å². The molecular weight excluding hydrogens is 292 g/mol. The normalized spacial score (nSPS) is 22.0. The maximum Gasteiger partial charge on any atom is 0.270 e. The smallest absolute Gasteiger partial charge is 0.270 e. The van der Waals surface area contributed by atoms with E-state index in [9.17, 15) is 4.79 Å². The first kappa shape index (κ1) is 12.9. The van der Waals surface area contributed by atoms with Crippen molar-refractivity contribution < 1.29 is 9.32 Å². The number of hydrogen-bond donors (Lipinski definition) is 1. The van der Waals surface area contributed by atoms with Crippen molar-refractivity contribution in [3.05, 3.63) is 34.7 Å². The summed E-state index contributed by atoms with van der Waals surface area (Å²) in [5.74, 6) is 1.70. The van der Waals surface area contributed by atoms with E-state index >= 15 is 0 Å². The fourth-order valence-electron chi connectivity index (χ4n) is 2.80. The highest BCUT2D eigenvalue weighted by Crippen LogP contribution is 2.40. The predicted octanol–water partition coefficient (Wildman–Crippen LogP) is 2.91. The Labute approximate surface area is 126 Å². The molecule has 2 aromatic heterocycles. The van der Waals surface area contributed by atoms with E-state index in [1.54, 1.807) is 17.2 Å². The van der Waals surface area contributed by atoms with E-state index in [4.69, 9.17) is 16.1 Å². The van der Waals surface area contributed by atoms with Crippen LogP contribution < -0.4 is 0 Å². The Balaban J connectivity index is 1.57. The molecule has 2 aliphatic rings. The minimum Gasteiger partial charge on any atom is -0.356 e. The molecule has 1 N–H and O–H groups in total. The van der Waals surface area contributed by atoms with Gasteiger partial charge in [0.15, 0.2) is 5.82 Å². The molecular formula is C14H15ClN4O2. The average molecular weight is 307 g/mol. The highest BCUT2D eigenvalue weighted by atomic mass is 35.5. The van der Waals surface area contributed by atoms with Crippen molar-refractivity contribution in [2.75, 3.05) is 6.54 Å². The van der Waals surface area contributed by atoms with Gasteiger partial charge in [-0.2, -0.15) is 4.98 Å². The lowest BCUT2D eigenvalue weighted by atomic mass is 10.2. The molecule has 1 atom stereocenters. The van der Waals surface area contributed by atoms with Crippen molar-refractivity contribution in [3.8, 4) is 0 Å². The van der Waals surface area contributed by atoms with Gasteiger partial charge in [-0.1, -0.05) is 16.8 Å². The Kier molecular flexibility index (Phi) is 2.99. The van der Waals surface area contributed by atoms with Crippen LogP contribution in [0.2, 0.25) is 5.02 Å². The molecule has 6 nitrogen and oxygen atoms in total. The average Bonchev–Trinajstić information content (AvgIpc) is 2.94. The van der Waals surface area contributed by atoms with Crippen LogP contribution in [0.1, 0.15) is 59.8 Å². The van der Waals surface area contributed by atoms with Crippen molar-refractivity contribution in [2.24, 2.45) is 0 Å². The molecule has 0 aromatic carbocycles. The number of hydrogen-bond acceptors (Lipinski definition) is 4. The monoisotopic (exact) mass is 306 g/mol. The van der Waals surface area contributed by atoms with Gasteiger partial charge < -0.3 is 14.4 Å². The zero-order valence-electron chi connectivity index (χ0n) is 11.4. The van der Waals surface area contributed by atoms with Crippen molar-refractivity contribution in [1.29, 1.82) is 0 Å². The second kappa shape index (κ2) is 4.87. The number of rotatable bonds is 3. The number of carbonyl (C=O) groups is 1. The Morgan fingerprint density at radius 3 is 3.00 bits per heavy atom. The highest BCUT2D eigenvalue weighted by molar-refractivity contribution is 6.30. The molecule has 110 valence electrons. The zero-order valence-corrected chi connectivity index (χ0v) is 12.1. The summed E-state index contributed by atoms with van der Waals surface area (Å²) < 4.78 is 5.31. The minimum atomic E-state index is -0.101. The first-order chi connectivity index (χ1) is 10.2. The van der Waals surface area contributed by atoms with E-state index < -0.39 is 0 Å². The first-order valence-electron chi connectivity index (χ1n) is 7.21. The van der Waals surface area contributed by atoms with Gasteiger partial charge in [-0.05, 0) is 31.7 Å². The van der Waals surface area contributed by atoms with Gasteiger partial charge in [0.1, 0.15) is 5.69 Å². The van der Waals surface area contributed by atoms with Gasteiger partial charge in [-0.15, -0.1) is 0 Å². The molecule has 4 rings (SSSR count). The lowest BCUT2D eigenvalue weighted by Gasteiger charge is -2.21. The van der Waals surface area contributed by atoms with Gasteiger partial charge in [-0.25, -0.2) is 0 Å². The number of nitrogens with one attached hydrogen (secondary N) is 1. The molecule has 2 aromatic rings. The standard InChI is InChI=1S/C14H15ClN4O2/c15-9-6-10(16-7-9)14(20)19-5-1-2-11(19)12-17-13(21-18-12)8-3-4-8/h6-8,11,16H,1-5H2/t11-/m0/s1. The fourth-order valence-corrected chi connectivity index (χ4v) is 2.97. The number of halogens is 1. The molecule has 1 saturated carbocycles. The van der Waals surface area contributed by atoms with Gasteiger partial charge >= 0.3 is 0 Å². The summed E-state index contributed by atoms with van der Waals surface area (Å²) >= 11 is 5.87. The molecule has 1 aliphatic heterocycles. The van der Waals surface area contributed by atoms with E-state index in [0.717, 1.165) is 25.7 Å². The van der Waals surface area contributed by atoms with E-state index in [2.05, 4.69) is 15.1 Å². The van der Waals surface area contributed by atoms with Crippen LogP contribution in [0.4, 0.5) is 0 Å². The van der Waals surface area contributed by atoms with Crippen molar-refractivity contribution in [2.45, 2.75) is 37.6 Å². The largest absolute Gasteiger partial charge is 0.356 e. The Bertz CT molecular complexity index is 676. The van der Waals surface area contributed by atoms with E-state index in [1.807, 2.05) is 0 Å². The van der Waals surface area contributed by atoms with Gasteiger partial charge in [-0.3, -0.25) is 4.79 Å². The molecule has 1 aliphatic carbocycles. The summed E-state index contributed by atoms with van der Waals surface area (Å²) in [4.78, 5) is 21.7. The van der Waals surface area contributed by atoms with Crippen LogP contribution in [0, 0.1) is 0 Å². The number of H-pyrrole nitrogens is 1. The molecule has 0 spiro atoms. The van der Waals surface area contributed by atoms with Crippen LogP contribution in [0.3, 0.4) is 0 Å². The SMILES string of the molecule is O=C(c1cc(Cl)c[nH]1)N1CCC[C@H]1c1noc(C2CC2)n1. The third kappa shape index (κ3) is 2.33. The molecule has 21 heavy (non-hydrogen) atoms. The highest BCUT2D eigenvalue weighted by Gasteiger charge is 2.36. The summed E-state index contributed by atoms with van der Waals surface area (Å²) in [7, 11) is 0. The number of amides is 1. The molecule has 7 heteroatoms. The van der Waals surface area contributed by atoms with Crippen molar-refractivity contribution in [3.63, 3.8) is 0 Å². The van der Waals surface area contributed by atoms with E-state index in [1.165, 1.54) is 0 Å². The lowest BCUT2D eigenvalue weighted by molar-refractivity contribution is 0.0723. The molecule has 0 unspecified atom stereocenters. The Morgan fingerprint density at radius 2 is 2.29 bits per heavy atom. The van der Waals surface area contributed by atoms with E-state index in [-0.39, 0.29) is 11.9 Å². The first-order valence-corrected chi connectivity index (χ1v) is 7.58. The third-order valence-corrected chi connectivity index (χ3v) is 4.29. The Hall–Kier alpha value is -1.82. The summed E-state index contributed by atoms with van der Waals surface area (Å²) in [5.41, 5.74) is 0.498. The number of likely N-dealkylation sites (tertiary alicyclic amines) is 1. The van der Waals surface area contributed by atoms with Gasteiger partial charge in [0.05, 0.1) is 11.1 Å². The molecule has 0 radical (unpaired) electrons. The Morgan fingerprint density at radius 1 is 1.43 bits per heavy atom. The van der Waals surface area contributed by atoms with Crippen LogP contribution in [-0.4, -0.2) is 32.5 Å². The molecule has 2 fully saturated rings. The van der Waals surface area contributed by atoms with Crippen LogP contribution in [0.15, 0.2) is 16.8 Å². The second-order valence-corrected chi connectivity index (χ2v) is 6.09. The minimum absolute atomic E-state index is 0.0674. The second-order valence-electron chi connectivity index (χ2n) is 5.65. The lowest BCUT2D eigenvalue weighted by Crippen LogP contribution is -2.31. The summed E-state index contributed by atoms with van der Waals surface area (Å²) in [6.45, 7) is 0.702. The summed E-state index contributed by atoms with van der Waals surface area (Å²) in [6.07, 6.45) is 5.66. The van der Waals surface area contributed by atoms with Gasteiger partial charge in [0.25, 0.3) is 5.91 Å². The van der Waals surface area contributed by atoms with Crippen molar-refractivity contribution in [1.82, 2.24) is 20.0 Å². The van der Waals surface area contributed by atoms with Crippen molar-refractivity contribution >= 4 is 17.5 Å². The third-order valence-electron chi connectivity index (χ3n) is 4.07. The number of aromatic amines is 1. The maximum absolute atomic E-state index is 12.5. The van der Waals surface area contributed by atoms with Gasteiger partial charge in [0.2, 0.25) is 5.89 Å². The van der Waals surface area contributed by atoms with E-state index in [0.29, 0.717) is 34.9 Å². The number of nitrogens with zero attached hydrogens (tertiary/aromatic N) is 3. The summed E-state index contributed by atoms with van der Waals surface area (Å²) in [5, 5.41) is 4.61. The van der Waals surface area contributed by atoms with Crippen LogP contribution >= 0.6 is 11.6 Å². The quantitative estimate of drug-likeness (QED) is 0.946. The molecule has 1 saturated heterocycles. The molecule has 0 bridgehead atoms.